The number of nitrogens with zero attached hydrogens (tertiary/aromatic N) is 2. The molecule has 0 aliphatic rings. The van der Waals surface area contributed by atoms with E-state index in [4.69, 9.17) is 5.73 Å². The molecule has 0 unspecified atom stereocenters. The van der Waals surface area contributed by atoms with E-state index < -0.39 is 0 Å². The van der Waals surface area contributed by atoms with Crippen molar-refractivity contribution in [2.75, 3.05) is 11.1 Å². The van der Waals surface area contributed by atoms with Gasteiger partial charge >= 0.3 is 0 Å². The Morgan fingerprint density at radius 3 is 2.88 bits per heavy atom. The maximum absolute atomic E-state index is 5.91. The van der Waals surface area contributed by atoms with Crippen molar-refractivity contribution in [3.05, 3.63) is 72.6 Å². The number of nitrogen functional groups attached to an aromatic ring is 1. The summed E-state index contributed by atoms with van der Waals surface area (Å²) in [6.07, 6.45) is 3.67. The number of pyridine rings is 1. The second-order valence-electron chi connectivity index (χ2n) is 5.96. The van der Waals surface area contributed by atoms with Gasteiger partial charge in [-0.25, -0.2) is 0 Å². The number of nitrogens with two attached hydrogens (primary N) is 1. The molecule has 1 atom stereocenters. The van der Waals surface area contributed by atoms with Crippen molar-refractivity contribution in [1.29, 1.82) is 0 Å². The Hall–Kier alpha value is -3.52. The Labute approximate surface area is 145 Å². The highest BCUT2D eigenvalue weighted by atomic mass is 15.1. The SMILES string of the molecule is C[C@H](Nc1cncc(-c2ccc3[nH]nc(N)c3c2)c1)c1cc#ccc1. The Balaban J connectivity index is 1.63. The Morgan fingerprint density at radius 1 is 1.12 bits per heavy atom. The first-order valence-corrected chi connectivity index (χ1v) is 8.04. The van der Waals surface area contributed by atoms with Crippen LogP contribution in [0.1, 0.15) is 18.5 Å². The summed E-state index contributed by atoms with van der Waals surface area (Å²) in [5.74, 6) is 0.504. The number of rotatable bonds is 4. The highest BCUT2D eigenvalue weighted by molar-refractivity contribution is 5.92. The molecule has 2 aromatic carbocycles. The number of aromatic nitrogens is 3. The maximum atomic E-state index is 5.91. The molecule has 0 aliphatic heterocycles. The van der Waals surface area contributed by atoms with Crippen LogP contribution >= 0.6 is 0 Å². The van der Waals surface area contributed by atoms with Gasteiger partial charge in [0.25, 0.3) is 0 Å². The third-order valence-electron chi connectivity index (χ3n) is 4.23. The van der Waals surface area contributed by atoms with E-state index in [0.717, 1.165) is 33.3 Å². The number of anilines is 2. The number of hydrogen-bond donors (Lipinski definition) is 3. The van der Waals surface area contributed by atoms with Crippen LogP contribution in [-0.4, -0.2) is 15.2 Å². The van der Waals surface area contributed by atoms with Crippen LogP contribution in [0.4, 0.5) is 11.5 Å². The van der Waals surface area contributed by atoms with Gasteiger partial charge < -0.3 is 11.1 Å². The molecule has 0 radical (unpaired) electrons. The summed E-state index contributed by atoms with van der Waals surface area (Å²) in [6.45, 7) is 2.11. The van der Waals surface area contributed by atoms with Crippen molar-refractivity contribution in [3.8, 4) is 11.1 Å². The van der Waals surface area contributed by atoms with Crippen LogP contribution in [0.5, 0.6) is 0 Å². The standard InChI is InChI=1S/C20H17N5/c1-13(14-5-3-2-4-6-14)23-17-9-16(11-22-12-17)15-7-8-19-18(10-15)20(21)25-24-19/h3,5-13,23H,1H3,(H3,21,24,25)/t13-/m0/s1. The van der Waals surface area contributed by atoms with Crippen LogP contribution in [0.2, 0.25) is 0 Å². The lowest BCUT2D eigenvalue weighted by molar-refractivity contribution is 0.883. The largest absolute Gasteiger partial charge is 0.382 e. The highest BCUT2D eigenvalue weighted by Crippen LogP contribution is 2.28. The van der Waals surface area contributed by atoms with Gasteiger partial charge in [0.2, 0.25) is 0 Å². The van der Waals surface area contributed by atoms with Gasteiger partial charge in [0.15, 0.2) is 5.82 Å². The molecule has 4 rings (SSSR count). The van der Waals surface area contributed by atoms with Crippen molar-refractivity contribution < 1.29 is 0 Å². The van der Waals surface area contributed by atoms with E-state index in [9.17, 15) is 0 Å². The summed E-state index contributed by atoms with van der Waals surface area (Å²) < 4.78 is 0. The number of H-pyrrole nitrogens is 1. The normalized spacial score (nSPS) is 11.9. The first kappa shape index (κ1) is 15.0. The van der Waals surface area contributed by atoms with Crippen molar-refractivity contribution in [3.63, 3.8) is 0 Å². The molecular weight excluding hydrogens is 310 g/mol. The second kappa shape index (κ2) is 6.17. The van der Waals surface area contributed by atoms with Crippen LogP contribution < -0.4 is 11.1 Å². The summed E-state index contributed by atoms with van der Waals surface area (Å²) in [7, 11) is 0. The lowest BCUT2D eigenvalue weighted by Crippen LogP contribution is -2.06. The van der Waals surface area contributed by atoms with Crippen molar-refractivity contribution in [2.45, 2.75) is 13.0 Å². The van der Waals surface area contributed by atoms with Gasteiger partial charge in [-0.15, -0.1) is 0 Å². The minimum Gasteiger partial charge on any atom is -0.382 e. The number of benzene rings is 1. The fraction of sp³-hybridized carbons (Fsp3) is 0.100. The molecule has 0 aliphatic carbocycles. The molecule has 2 heterocycles. The Bertz CT molecular complexity index is 1010. The predicted molar refractivity (Wildman–Crippen MR) is 99.9 cm³/mol. The van der Waals surface area contributed by atoms with E-state index in [-0.39, 0.29) is 6.04 Å². The zero-order valence-corrected chi connectivity index (χ0v) is 13.7. The van der Waals surface area contributed by atoms with E-state index in [1.54, 1.807) is 0 Å². The molecule has 25 heavy (non-hydrogen) atoms. The molecule has 2 aromatic heterocycles. The molecule has 0 bridgehead atoms. The molecule has 5 nitrogen and oxygen atoms in total. The smallest absolute Gasteiger partial charge is 0.153 e. The molecule has 0 saturated carbocycles. The van der Waals surface area contributed by atoms with E-state index in [0.29, 0.717) is 5.82 Å². The number of aromatic amines is 1. The average Bonchev–Trinajstić information content (AvgIpc) is 3.03. The molecule has 0 spiro atoms. The fourth-order valence-corrected chi connectivity index (χ4v) is 2.85. The van der Waals surface area contributed by atoms with Crippen LogP contribution in [0.15, 0.2) is 54.9 Å². The molecule has 0 amide bonds. The fourth-order valence-electron chi connectivity index (χ4n) is 2.85. The zero-order chi connectivity index (χ0) is 17.2. The first-order chi connectivity index (χ1) is 12.2. The number of fused-ring (bicyclic) bond motifs is 1. The predicted octanol–water partition coefficient (Wildman–Crippen LogP) is 3.98. The summed E-state index contributed by atoms with van der Waals surface area (Å²) in [5.41, 5.74) is 11.0. The molecule has 5 heteroatoms. The molecule has 0 fully saturated rings. The van der Waals surface area contributed by atoms with E-state index >= 15 is 0 Å². The topological polar surface area (TPSA) is 79.6 Å². The molecule has 4 aromatic rings. The van der Waals surface area contributed by atoms with Gasteiger partial charge in [0.1, 0.15) is 0 Å². The van der Waals surface area contributed by atoms with Crippen molar-refractivity contribution in [2.24, 2.45) is 0 Å². The Kier molecular flexibility index (Phi) is 3.71. The van der Waals surface area contributed by atoms with E-state index in [1.165, 1.54) is 0 Å². The third-order valence-corrected chi connectivity index (χ3v) is 4.23. The number of hydrogen-bond acceptors (Lipinski definition) is 4. The van der Waals surface area contributed by atoms with Crippen LogP contribution in [0.25, 0.3) is 22.0 Å². The lowest BCUT2D eigenvalue weighted by atomic mass is 10.0. The van der Waals surface area contributed by atoms with Gasteiger partial charge in [-0.3, -0.25) is 10.1 Å². The van der Waals surface area contributed by atoms with Crippen LogP contribution in [-0.2, 0) is 0 Å². The van der Waals surface area contributed by atoms with Crippen LogP contribution in [0.3, 0.4) is 0 Å². The number of nitrogens with one attached hydrogen (secondary N) is 2. The summed E-state index contributed by atoms with van der Waals surface area (Å²) in [4.78, 5) is 4.37. The third kappa shape index (κ3) is 2.98. The van der Waals surface area contributed by atoms with Gasteiger partial charge in [-0.1, -0.05) is 18.2 Å². The first-order valence-electron chi connectivity index (χ1n) is 8.04. The van der Waals surface area contributed by atoms with E-state index in [2.05, 4.69) is 45.6 Å². The zero-order valence-electron chi connectivity index (χ0n) is 13.7. The molecule has 0 saturated heterocycles. The summed E-state index contributed by atoms with van der Waals surface area (Å²) in [6, 6.07) is 20.0. The Morgan fingerprint density at radius 2 is 2.04 bits per heavy atom. The monoisotopic (exact) mass is 327 g/mol. The van der Waals surface area contributed by atoms with Crippen LogP contribution in [0, 0.1) is 12.1 Å². The maximum Gasteiger partial charge on any atom is 0.153 e. The summed E-state index contributed by atoms with van der Waals surface area (Å²) >= 11 is 0. The minimum atomic E-state index is 0.148. The quantitative estimate of drug-likeness (QED) is 0.530. The summed E-state index contributed by atoms with van der Waals surface area (Å²) in [5, 5.41) is 11.3. The second-order valence-corrected chi connectivity index (χ2v) is 5.96. The minimum absolute atomic E-state index is 0.148. The van der Waals surface area contributed by atoms with Gasteiger partial charge in [-0.2, -0.15) is 5.10 Å². The van der Waals surface area contributed by atoms with Crippen molar-refractivity contribution in [1.82, 2.24) is 15.2 Å². The van der Waals surface area contributed by atoms with E-state index in [1.807, 2.05) is 48.8 Å². The average molecular weight is 327 g/mol. The van der Waals surface area contributed by atoms with Gasteiger partial charge in [0.05, 0.1) is 11.2 Å². The van der Waals surface area contributed by atoms with Gasteiger partial charge in [-0.05, 0) is 54.4 Å². The van der Waals surface area contributed by atoms with Crippen molar-refractivity contribution >= 4 is 22.4 Å². The molecular formula is C20H17N5. The van der Waals surface area contributed by atoms with Gasteiger partial charge in [0, 0.05) is 29.4 Å². The highest BCUT2D eigenvalue weighted by Gasteiger charge is 2.08. The molecule has 4 N–H and O–H groups in total. The molecule has 122 valence electrons. The lowest BCUT2D eigenvalue weighted by Gasteiger charge is -2.15.